The fraction of sp³-hybridized carbons (Fsp3) is 0.440. The first-order chi connectivity index (χ1) is 13.5. The van der Waals surface area contributed by atoms with Crippen molar-refractivity contribution < 1.29 is 9.84 Å². The van der Waals surface area contributed by atoms with Crippen molar-refractivity contribution in [2.24, 2.45) is 0 Å². The highest BCUT2D eigenvalue weighted by molar-refractivity contribution is 5.44. The molecule has 2 aromatic rings. The Bertz CT molecular complexity index is 717. The van der Waals surface area contributed by atoms with Crippen LogP contribution in [0, 0.1) is 0 Å². The van der Waals surface area contributed by atoms with Gasteiger partial charge in [0, 0.05) is 23.6 Å². The van der Waals surface area contributed by atoms with Crippen LogP contribution >= 0.6 is 0 Å². The summed E-state index contributed by atoms with van der Waals surface area (Å²) >= 11 is 0. The zero-order valence-corrected chi connectivity index (χ0v) is 17.8. The molecule has 2 aromatic carbocycles. The summed E-state index contributed by atoms with van der Waals surface area (Å²) in [4.78, 5) is 2.52. The molecule has 3 heteroatoms. The fourth-order valence-electron chi connectivity index (χ4n) is 3.83. The van der Waals surface area contributed by atoms with Gasteiger partial charge in [0.1, 0.15) is 12.4 Å². The Labute approximate surface area is 170 Å². The standard InChI is InChI=1S/C25H35NO2/c1-6-16-28-25-13-12-21(18-27)17-24(25)23(22-10-8-7-9-11-22)14-15-26(19(2)3)20(4)5/h6-13,17,19-20,23,27H,1,14-16,18H2,2-5H3. The van der Waals surface area contributed by atoms with Crippen molar-refractivity contribution in [1.29, 1.82) is 0 Å². The van der Waals surface area contributed by atoms with Crippen molar-refractivity contribution in [3.05, 3.63) is 77.9 Å². The highest BCUT2D eigenvalue weighted by atomic mass is 16.5. The third-order valence-electron chi connectivity index (χ3n) is 5.19. The molecule has 0 radical (unpaired) electrons. The molecule has 0 saturated carbocycles. The summed E-state index contributed by atoms with van der Waals surface area (Å²) in [6.07, 6.45) is 2.75. The number of aliphatic hydroxyl groups is 1. The molecule has 1 N–H and O–H groups in total. The third-order valence-corrected chi connectivity index (χ3v) is 5.19. The molecule has 1 unspecified atom stereocenters. The molecule has 28 heavy (non-hydrogen) atoms. The smallest absolute Gasteiger partial charge is 0.123 e. The SMILES string of the molecule is C=CCOc1ccc(CO)cc1C(CCN(C(C)C)C(C)C)c1ccccc1. The number of benzene rings is 2. The quantitative estimate of drug-likeness (QED) is 0.530. The molecule has 0 amide bonds. The van der Waals surface area contributed by atoms with E-state index >= 15 is 0 Å². The van der Waals surface area contributed by atoms with Gasteiger partial charge in [-0.25, -0.2) is 0 Å². The highest BCUT2D eigenvalue weighted by Gasteiger charge is 2.22. The second-order valence-corrected chi connectivity index (χ2v) is 7.81. The van der Waals surface area contributed by atoms with Crippen LogP contribution in [0.4, 0.5) is 0 Å². The largest absolute Gasteiger partial charge is 0.489 e. The Morgan fingerprint density at radius 1 is 1.04 bits per heavy atom. The van der Waals surface area contributed by atoms with Gasteiger partial charge in [-0.2, -0.15) is 0 Å². The van der Waals surface area contributed by atoms with E-state index in [2.05, 4.69) is 69.5 Å². The lowest BCUT2D eigenvalue weighted by Crippen LogP contribution is -2.38. The summed E-state index contributed by atoms with van der Waals surface area (Å²) in [6.45, 7) is 14.3. The number of aliphatic hydroxyl groups excluding tert-OH is 1. The molecule has 2 rings (SSSR count). The van der Waals surface area contributed by atoms with Crippen molar-refractivity contribution in [2.75, 3.05) is 13.2 Å². The molecular weight excluding hydrogens is 346 g/mol. The summed E-state index contributed by atoms with van der Waals surface area (Å²) in [5, 5.41) is 9.68. The van der Waals surface area contributed by atoms with Gasteiger partial charge in [0.2, 0.25) is 0 Å². The normalized spacial score (nSPS) is 12.6. The third kappa shape index (κ3) is 5.95. The molecule has 0 fully saturated rings. The van der Waals surface area contributed by atoms with Crippen LogP contribution in [0.1, 0.15) is 56.7 Å². The van der Waals surface area contributed by atoms with Crippen LogP contribution in [0.2, 0.25) is 0 Å². The van der Waals surface area contributed by atoms with Crippen LogP contribution in [-0.2, 0) is 6.61 Å². The molecule has 0 bridgehead atoms. The van der Waals surface area contributed by atoms with Gasteiger partial charge in [-0.15, -0.1) is 0 Å². The minimum atomic E-state index is 0.0281. The summed E-state index contributed by atoms with van der Waals surface area (Å²) < 4.78 is 5.98. The molecule has 152 valence electrons. The Hall–Kier alpha value is -2.10. The number of nitrogens with zero attached hydrogens (tertiary/aromatic N) is 1. The van der Waals surface area contributed by atoms with Crippen LogP contribution in [0.5, 0.6) is 5.75 Å². The van der Waals surface area contributed by atoms with Gasteiger partial charge in [0.25, 0.3) is 0 Å². The van der Waals surface area contributed by atoms with Gasteiger partial charge < -0.3 is 9.84 Å². The van der Waals surface area contributed by atoms with E-state index in [1.54, 1.807) is 6.08 Å². The molecule has 0 aliphatic heterocycles. The molecule has 0 aliphatic carbocycles. The van der Waals surface area contributed by atoms with E-state index in [4.69, 9.17) is 4.74 Å². The minimum absolute atomic E-state index is 0.0281. The summed E-state index contributed by atoms with van der Waals surface area (Å²) in [6, 6.07) is 17.6. The molecular formula is C25H35NO2. The van der Waals surface area contributed by atoms with E-state index in [1.807, 2.05) is 18.2 Å². The maximum absolute atomic E-state index is 9.68. The minimum Gasteiger partial charge on any atom is -0.489 e. The van der Waals surface area contributed by atoms with Gasteiger partial charge in [0.05, 0.1) is 6.61 Å². The first-order valence-corrected chi connectivity index (χ1v) is 10.3. The molecule has 0 heterocycles. The van der Waals surface area contributed by atoms with E-state index in [1.165, 1.54) is 5.56 Å². The number of hydrogen-bond donors (Lipinski definition) is 1. The van der Waals surface area contributed by atoms with Crippen LogP contribution in [-0.4, -0.2) is 35.2 Å². The lowest BCUT2D eigenvalue weighted by Gasteiger charge is -2.32. The molecule has 0 aromatic heterocycles. The van der Waals surface area contributed by atoms with Gasteiger partial charge in [0.15, 0.2) is 0 Å². The Balaban J connectivity index is 2.42. The first kappa shape index (κ1) is 22.2. The van der Waals surface area contributed by atoms with Crippen molar-refractivity contribution in [3.8, 4) is 5.75 Å². The first-order valence-electron chi connectivity index (χ1n) is 10.3. The van der Waals surface area contributed by atoms with Crippen molar-refractivity contribution >= 4 is 0 Å². The van der Waals surface area contributed by atoms with E-state index in [-0.39, 0.29) is 12.5 Å². The van der Waals surface area contributed by atoms with Crippen LogP contribution in [0.15, 0.2) is 61.2 Å². The Kier molecular flexibility index (Phi) is 8.75. The van der Waals surface area contributed by atoms with E-state index < -0.39 is 0 Å². The fourth-order valence-corrected chi connectivity index (χ4v) is 3.83. The maximum Gasteiger partial charge on any atom is 0.123 e. The zero-order valence-electron chi connectivity index (χ0n) is 17.8. The molecule has 3 nitrogen and oxygen atoms in total. The topological polar surface area (TPSA) is 32.7 Å². The summed E-state index contributed by atoms with van der Waals surface area (Å²) in [5.74, 6) is 1.07. The lowest BCUT2D eigenvalue weighted by atomic mass is 9.86. The molecule has 0 spiro atoms. The molecule has 0 aliphatic rings. The monoisotopic (exact) mass is 381 g/mol. The number of ether oxygens (including phenoxy) is 1. The van der Waals surface area contributed by atoms with Gasteiger partial charge >= 0.3 is 0 Å². The number of hydrogen-bond acceptors (Lipinski definition) is 3. The lowest BCUT2D eigenvalue weighted by molar-refractivity contribution is 0.170. The van der Waals surface area contributed by atoms with E-state index in [9.17, 15) is 5.11 Å². The van der Waals surface area contributed by atoms with Crippen LogP contribution < -0.4 is 4.74 Å². The maximum atomic E-state index is 9.68. The Morgan fingerprint density at radius 3 is 2.29 bits per heavy atom. The van der Waals surface area contributed by atoms with E-state index in [0.717, 1.165) is 29.8 Å². The predicted octanol–water partition coefficient (Wildman–Crippen LogP) is 5.38. The van der Waals surface area contributed by atoms with Gasteiger partial charge in [-0.05, 0) is 63.9 Å². The second kappa shape index (κ2) is 11.0. The predicted molar refractivity (Wildman–Crippen MR) is 118 cm³/mol. The molecule has 1 atom stereocenters. The van der Waals surface area contributed by atoms with E-state index in [0.29, 0.717) is 18.7 Å². The van der Waals surface area contributed by atoms with Gasteiger partial charge in [-0.3, -0.25) is 4.90 Å². The number of rotatable bonds is 11. The van der Waals surface area contributed by atoms with Crippen molar-refractivity contribution in [1.82, 2.24) is 4.90 Å². The summed E-state index contributed by atoms with van der Waals surface area (Å²) in [5.41, 5.74) is 3.31. The van der Waals surface area contributed by atoms with Crippen LogP contribution in [0.3, 0.4) is 0 Å². The average Bonchev–Trinajstić information content (AvgIpc) is 2.69. The van der Waals surface area contributed by atoms with Crippen molar-refractivity contribution in [2.45, 2.75) is 58.7 Å². The second-order valence-electron chi connectivity index (χ2n) is 7.81. The average molecular weight is 382 g/mol. The molecule has 0 saturated heterocycles. The Morgan fingerprint density at radius 2 is 1.71 bits per heavy atom. The van der Waals surface area contributed by atoms with Gasteiger partial charge in [-0.1, -0.05) is 49.1 Å². The summed E-state index contributed by atoms with van der Waals surface area (Å²) in [7, 11) is 0. The van der Waals surface area contributed by atoms with Crippen molar-refractivity contribution in [3.63, 3.8) is 0 Å². The van der Waals surface area contributed by atoms with Crippen LogP contribution in [0.25, 0.3) is 0 Å². The highest BCUT2D eigenvalue weighted by Crippen LogP contribution is 2.36. The zero-order chi connectivity index (χ0) is 20.5.